The summed E-state index contributed by atoms with van der Waals surface area (Å²) in [5.41, 5.74) is -0.00987. The molecule has 0 heterocycles. The fourth-order valence-electron chi connectivity index (χ4n) is 2.51. The van der Waals surface area contributed by atoms with Gasteiger partial charge in [-0.2, -0.15) is 0 Å². The number of nitro groups is 1. The van der Waals surface area contributed by atoms with Gasteiger partial charge in [-0.25, -0.2) is 13.1 Å². The Morgan fingerprint density at radius 3 is 2.42 bits per heavy atom. The molecule has 26 heavy (non-hydrogen) atoms. The highest BCUT2D eigenvalue weighted by Crippen LogP contribution is 2.29. The minimum absolute atomic E-state index is 0.137. The Hall–Kier alpha value is -2.94. The number of nitro benzene ring substituents is 1. The molecule has 1 atom stereocenters. The van der Waals surface area contributed by atoms with Crippen LogP contribution in [0.4, 0.5) is 5.69 Å². The van der Waals surface area contributed by atoms with Crippen molar-refractivity contribution in [3.63, 3.8) is 0 Å². The minimum atomic E-state index is -4.42. The van der Waals surface area contributed by atoms with Gasteiger partial charge in [0, 0.05) is 0 Å². The summed E-state index contributed by atoms with van der Waals surface area (Å²) in [6, 6.07) is 12.0. The Morgan fingerprint density at radius 1 is 1.23 bits per heavy atom. The highest BCUT2D eigenvalue weighted by atomic mass is 32.2. The highest BCUT2D eigenvalue weighted by molar-refractivity contribution is 7.90. The number of benzene rings is 2. The van der Waals surface area contributed by atoms with Crippen molar-refractivity contribution >= 4 is 21.6 Å². The summed E-state index contributed by atoms with van der Waals surface area (Å²) < 4.78 is 31.9. The van der Waals surface area contributed by atoms with Gasteiger partial charge < -0.3 is 4.74 Å². The fraction of sp³-hybridized carbons (Fsp3) is 0.235. The molecule has 0 fully saturated rings. The second-order valence-electron chi connectivity index (χ2n) is 5.43. The van der Waals surface area contributed by atoms with E-state index in [1.165, 1.54) is 13.2 Å². The monoisotopic (exact) mass is 378 g/mol. The van der Waals surface area contributed by atoms with Gasteiger partial charge in [-0.05, 0) is 24.1 Å². The van der Waals surface area contributed by atoms with E-state index in [9.17, 15) is 23.3 Å². The Labute approximate surface area is 151 Å². The van der Waals surface area contributed by atoms with E-state index in [2.05, 4.69) is 0 Å². The summed E-state index contributed by atoms with van der Waals surface area (Å²) in [4.78, 5) is 22.3. The number of hydrogen-bond acceptors (Lipinski definition) is 6. The number of ether oxygens (including phenoxy) is 1. The predicted molar refractivity (Wildman–Crippen MR) is 94.5 cm³/mol. The van der Waals surface area contributed by atoms with Crippen LogP contribution in [-0.4, -0.2) is 26.4 Å². The first-order chi connectivity index (χ1) is 12.3. The largest absolute Gasteiger partial charge is 0.497 e. The molecular weight excluding hydrogens is 360 g/mol. The van der Waals surface area contributed by atoms with Crippen LogP contribution in [0, 0.1) is 10.1 Å². The zero-order valence-corrected chi connectivity index (χ0v) is 15.0. The number of sulfonamides is 1. The lowest BCUT2D eigenvalue weighted by atomic mass is 9.96. The van der Waals surface area contributed by atoms with Crippen molar-refractivity contribution in [1.29, 1.82) is 0 Å². The number of hydrogen-bond donors (Lipinski definition) is 1. The molecule has 1 N–H and O–H groups in total. The first-order valence-corrected chi connectivity index (χ1v) is 9.22. The molecule has 138 valence electrons. The lowest BCUT2D eigenvalue weighted by molar-refractivity contribution is -0.387. The van der Waals surface area contributed by atoms with Gasteiger partial charge in [-0.3, -0.25) is 14.9 Å². The Bertz CT molecular complexity index is 912. The number of rotatable bonds is 7. The molecule has 0 aliphatic rings. The Balaban J connectivity index is 2.36. The normalized spacial score (nSPS) is 12.2. The number of nitrogens with zero attached hydrogens (tertiary/aromatic N) is 1. The standard InChI is InChI=1S/C17H18N2O6S/c1-3-14(12-7-5-4-6-8-12)17(20)18-26(23,24)16-10-9-13(25-2)11-15(16)19(21)22/h4-11,14H,3H2,1-2H3,(H,18,20). The van der Waals surface area contributed by atoms with Crippen molar-refractivity contribution in [2.75, 3.05) is 7.11 Å². The summed E-state index contributed by atoms with van der Waals surface area (Å²) in [6.07, 6.45) is 0.371. The van der Waals surface area contributed by atoms with Crippen LogP contribution in [0.3, 0.4) is 0 Å². The van der Waals surface area contributed by atoms with Crippen LogP contribution in [0.25, 0.3) is 0 Å². The molecule has 0 aliphatic heterocycles. The third-order valence-corrected chi connectivity index (χ3v) is 5.21. The summed E-state index contributed by atoms with van der Waals surface area (Å²) in [5.74, 6) is -1.30. The molecule has 2 rings (SSSR count). The number of amides is 1. The maximum atomic E-state index is 12.5. The molecule has 9 heteroatoms. The molecule has 0 saturated heterocycles. The van der Waals surface area contributed by atoms with Gasteiger partial charge in [0.05, 0.1) is 24.0 Å². The zero-order valence-electron chi connectivity index (χ0n) is 14.2. The van der Waals surface area contributed by atoms with Crippen molar-refractivity contribution in [3.8, 4) is 5.75 Å². The molecule has 0 bridgehead atoms. The van der Waals surface area contributed by atoms with Crippen molar-refractivity contribution < 1.29 is 22.9 Å². The van der Waals surface area contributed by atoms with Gasteiger partial charge in [-0.1, -0.05) is 37.3 Å². The lowest BCUT2D eigenvalue weighted by Crippen LogP contribution is -2.34. The van der Waals surface area contributed by atoms with E-state index in [1.54, 1.807) is 37.3 Å². The van der Waals surface area contributed by atoms with Crippen molar-refractivity contribution in [2.24, 2.45) is 0 Å². The summed E-state index contributed by atoms with van der Waals surface area (Å²) in [6.45, 7) is 1.75. The molecule has 8 nitrogen and oxygen atoms in total. The molecule has 0 spiro atoms. The molecule has 0 radical (unpaired) electrons. The molecule has 2 aromatic carbocycles. The van der Waals surface area contributed by atoms with E-state index in [4.69, 9.17) is 4.74 Å². The van der Waals surface area contributed by atoms with E-state index in [0.29, 0.717) is 12.0 Å². The van der Waals surface area contributed by atoms with E-state index >= 15 is 0 Å². The zero-order chi connectivity index (χ0) is 19.3. The average molecular weight is 378 g/mol. The summed E-state index contributed by atoms with van der Waals surface area (Å²) >= 11 is 0. The van der Waals surface area contributed by atoms with Crippen molar-refractivity contribution in [3.05, 3.63) is 64.2 Å². The predicted octanol–water partition coefficient (Wildman–Crippen LogP) is 2.60. The van der Waals surface area contributed by atoms with Crippen LogP contribution in [0.1, 0.15) is 24.8 Å². The Morgan fingerprint density at radius 2 is 1.88 bits per heavy atom. The van der Waals surface area contributed by atoms with E-state index in [0.717, 1.165) is 12.1 Å². The van der Waals surface area contributed by atoms with Crippen LogP contribution in [-0.2, 0) is 14.8 Å². The first kappa shape index (κ1) is 19.4. The van der Waals surface area contributed by atoms with Gasteiger partial charge in [0.15, 0.2) is 4.90 Å². The van der Waals surface area contributed by atoms with E-state index in [1.807, 2.05) is 4.72 Å². The molecule has 0 aliphatic carbocycles. The molecular formula is C17H18N2O6S. The number of carbonyl (C=O) groups is 1. The molecule has 0 aromatic heterocycles. The maximum absolute atomic E-state index is 12.5. The maximum Gasteiger partial charge on any atom is 0.293 e. The third kappa shape index (κ3) is 4.17. The quantitative estimate of drug-likeness (QED) is 0.585. The minimum Gasteiger partial charge on any atom is -0.497 e. The van der Waals surface area contributed by atoms with Gasteiger partial charge in [0.25, 0.3) is 15.7 Å². The van der Waals surface area contributed by atoms with E-state index in [-0.39, 0.29) is 5.75 Å². The third-order valence-electron chi connectivity index (χ3n) is 3.81. The highest BCUT2D eigenvalue weighted by Gasteiger charge is 2.30. The van der Waals surface area contributed by atoms with Gasteiger partial charge >= 0.3 is 0 Å². The van der Waals surface area contributed by atoms with Gasteiger partial charge in [0.2, 0.25) is 5.91 Å². The average Bonchev–Trinajstić information content (AvgIpc) is 2.62. The van der Waals surface area contributed by atoms with Crippen LogP contribution in [0.15, 0.2) is 53.4 Å². The first-order valence-electron chi connectivity index (χ1n) is 7.74. The van der Waals surface area contributed by atoms with Crippen LogP contribution in [0.5, 0.6) is 5.75 Å². The smallest absolute Gasteiger partial charge is 0.293 e. The summed E-state index contributed by atoms with van der Waals surface area (Å²) in [5, 5.41) is 11.2. The van der Waals surface area contributed by atoms with Crippen molar-refractivity contribution in [2.45, 2.75) is 24.2 Å². The van der Waals surface area contributed by atoms with Crippen LogP contribution < -0.4 is 9.46 Å². The van der Waals surface area contributed by atoms with E-state index < -0.39 is 37.4 Å². The lowest BCUT2D eigenvalue weighted by Gasteiger charge is -2.15. The second-order valence-corrected chi connectivity index (χ2v) is 7.08. The molecule has 1 unspecified atom stereocenters. The topological polar surface area (TPSA) is 116 Å². The second kappa shape index (κ2) is 7.96. The fourth-order valence-corrected chi connectivity index (χ4v) is 3.68. The van der Waals surface area contributed by atoms with Crippen LogP contribution >= 0.6 is 0 Å². The number of carbonyl (C=O) groups excluding carboxylic acids is 1. The number of nitrogens with one attached hydrogen (secondary N) is 1. The molecule has 2 aromatic rings. The van der Waals surface area contributed by atoms with Crippen molar-refractivity contribution in [1.82, 2.24) is 4.72 Å². The molecule has 1 amide bonds. The van der Waals surface area contributed by atoms with Gasteiger partial charge in [-0.15, -0.1) is 0 Å². The van der Waals surface area contributed by atoms with Crippen LogP contribution in [0.2, 0.25) is 0 Å². The molecule has 0 saturated carbocycles. The van der Waals surface area contributed by atoms with Gasteiger partial charge in [0.1, 0.15) is 5.75 Å². The summed E-state index contributed by atoms with van der Waals surface area (Å²) in [7, 11) is -3.11. The SMILES string of the molecule is CCC(C(=O)NS(=O)(=O)c1ccc(OC)cc1[N+](=O)[O-])c1ccccc1. The number of methoxy groups -OCH3 is 1. The Kier molecular flexibility index (Phi) is 5.93.